The number of nitrogens with one attached hydrogen (secondary N) is 2. The van der Waals surface area contributed by atoms with E-state index in [4.69, 9.17) is 0 Å². The Labute approximate surface area is 191 Å². The van der Waals surface area contributed by atoms with Crippen LogP contribution in [0.4, 0.5) is 18.9 Å². The molecule has 1 amide bonds. The second-order valence-electron chi connectivity index (χ2n) is 7.71. The monoisotopic (exact) mass is 480 g/mol. The zero-order valence-electron chi connectivity index (χ0n) is 18.2. The number of thioether (sulfide) groups is 1. The number of fused-ring (bicyclic) bond motifs is 1. The molecule has 3 aromatic rings. The van der Waals surface area contributed by atoms with E-state index in [2.05, 4.69) is 15.3 Å². The van der Waals surface area contributed by atoms with E-state index in [1.807, 2.05) is 20.8 Å². The number of aryl methyl sites for hydroxylation is 1. The summed E-state index contributed by atoms with van der Waals surface area (Å²) in [6.07, 6.45) is -3.77. The Bertz CT molecular complexity index is 1300. The van der Waals surface area contributed by atoms with Gasteiger partial charge >= 0.3 is 11.9 Å². The topological polar surface area (TPSA) is 96.9 Å². The molecule has 0 bridgehead atoms. The van der Waals surface area contributed by atoms with E-state index in [0.717, 1.165) is 0 Å². The van der Waals surface area contributed by atoms with Crippen molar-refractivity contribution in [2.75, 3.05) is 11.1 Å². The summed E-state index contributed by atoms with van der Waals surface area (Å²) in [6.45, 7) is 5.86. The third kappa shape index (κ3) is 5.65. The van der Waals surface area contributed by atoms with Gasteiger partial charge in [-0.1, -0.05) is 32.9 Å². The number of carbonyl (C=O) groups excluding carboxylic acids is 1. The zero-order chi connectivity index (χ0) is 24.3. The second kappa shape index (κ2) is 9.82. The smallest absolute Gasteiger partial charge is 0.321 e. The summed E-state index contributed by atoms with van der Waals surface area (Å²) >= 11 is 0.552. The quantitative estimate of drug-likeness (QED) is 0.485. The van der Waals surface area contributed by atoms with Crippen LogP contribution in [0.5, 0.6) is 0 Å². The number of carbonyl (C=O) groups is 1. The standard InChI is InChI=1S/C22H23F3N4O3S/c1-4-9-29-18-17(20(31)28-21(29)32)13(10-15(26-18)12(2)3)19(30)27-14-7-5-6-8-16(14)33-11-22(23,24)25/h5-8,10,12H,4,9,11H2,1-3H3,(H,27,30)(H,28,31,32). The number of benzene rings is 1. The highest BCUT2D eigenvalue weighted by molar-refractivity contribution is 7.99. The third-order valence-electron chi connectivity index (χ3n) is 4.78. The fourth-order valence-electron chi connectivity index (χ4n) is 3.24. The van der Waals surface area contributed by atoms with Crippen molar-refractivity contribution in [1.29, 1.82) is 0 Å². The number of alkyl halides is 3. The van der Waals surface area contributed by atoms with Gasteiger partial charge in [0.15, 0.2) is 5.65 Å². The first-order valence-electron chi connectivity index (χ1n) is 10.3. The molecule has 33 heavy (non-hydrogen) atoms. The molecule has 11 heteroatoms. The largest absolute Gasteiger partial charge is 0.398 e. The van der Waals surface area contributed by atoms with Crippen LogP contribution in [0.1, 0.15) is 49.2 Å². The number of rotatable bonds is 7. The van der Waals surface area contributed by atoms with E-state index in [9.17, 15) is 27.6 Å². The lowest BCUT2D eigenvalue weighted by Crippen LogP contribution is -2.32. The highest BCUT2D eigenvalue weighted by atomic mass is 32.2. The van der Waals surface area contributed by atoms with Crippen LogP contribution in [-0.4, -0.2) is 32.4 Å². The van der Waals surface area contributed by atoms with Gasteiger partial charge in [0.25, 0.3) is 11.5 Å². The normalized spacial score (nSPS) is 11.8. The first-order chi connectivity index (χ1) is 15.5. The predicted octanol–water partition coefficient (Wildman–Crippen LogP) is 4.52. The Morgan fingerprint density at radius 3 is 2.58 bits per heavy atom. The van der Waals surface area contributed by atoms with Gasteiger partial charge in [-0.05, 0) is 30.5 Å². The molecule has 2 aromatic heterocycles. The highest BCUT2D eigenvalue weighted by Crippen LogP contribution is 2.32. The maximum absolute atomic E-state index is 13.3. The molecule has 3 rings (SSSR count). The van der Waals surface area contributed by atoms with Crippen molar-refractivity contribution in [3.63, 3.8) is 0 Å². The van der Waals surface area contributed by atoms with E-state index < -0.39 is 29.1 Å². The molecule has 0 fully saturated rings. The molecule has 1 aromatic carbocycles. The summed E-state index contributed by atoms with van der Waals surface area (Å²) in [5.74, 6) is -1.91. The fourth-order valence-corrected chi connectivity index (χ4v) is 4.01. The lowest BCUT2D eigenvalue weighted by Gasteiger charge is -2.16. The number of pyridine rings is 1. The number of amides is 1. The van der Waals surface area contributed by atoms with Crippen LogP contribution in [-0.2, 0) is 6.54 Å². The van der Waals surface area contributed by atoms with E-state index in [1.54, 1.807) is 12.1 Å². The minimum atomic E-state index is -4.37. The Balaban J connectivity index is 2.13. The van der Waals surface area contributed by atoms with Crippen LogP contribution in [0.3, 0.4) is 0 Å². The van der Waals surface area contributed by atoms with Crippen LogP contribution in [0, 0.1) is 0 Å². The van der Waals surface area contributed by atoms with Crippen molar-refractivity contribution in [2.24, 2.45) is 0 Å². The second-order valence-corrected chi connectivity index (χ2v) is 8.73. The molecule has 0 aliphatic rings. The number of anilines is 1. The Kier molecular flexibility index (Phi) is 7.31. The van der Waals surface area contributed by atoms with Gasteiger partial charge in [-0.25, -0.2) is 9.78 Å². The summed E-state index contributed by atoms with van der Waals surface area (Å²) in [6, 6.07) is 7.59. The van der Waals surface area contributed by atoms with Crippen LogP contribution < -0.4 is 16.6 Å². The van der Waals surface area contributed by atoms with E-state index >= 15 is 0 Å². The molecule has 0 aliphatic carbocycles. The number of hydrogen-bond donors (Lipinski definition) is 2. The van der Waals surface area contributed by atoms with Crippen molar-refractivity contribution in [3.8, 4) is 0 Å². The molecule has 0 saturated carbocycles. The first kappa shape index (κ1) is 24.6. The maximum atomic E-state index is 13.3. The SMILES string of the molecule is CCCn1c(=O)[nH]c(=O)c2c(C(=O)Nc3ccccc3SCC(F)(F)F)cc(C(C)C)nc21. The maximum Gasteiger partial charge on any atom is 0.398 e. The van der Waals surface area contributed by atoms with E-state index in [-0.39, 0.29) is 33.1 Å². The molecule has 0 saturated heterocycles. The molecule has 176 valence electrons. The van der Waals surface area contributed by atoms with Crippen molar-refractivity contribution in [2.45, 2.75) is 50.7 Å². The molecule has 0 atom stereocenters. The third-order valence-corrected chi connectivity index (χ3v) is 5.92. The van der Waals surface area contributed by atoms with Crippen LogP contribution in [0.2, 0.25) is 0 Å². The molecule has 2 heterocycles. The summed E-state index contributed by atoms with van der Waals surface area (Å²) in [5, 5.41) is 2.57. The predicted molar refractivity (Wildman–Crippen MR) is 122 cm³/mol. The number of H-pyrrole nitrogens is 1. The van der Waals surface area contributed by atoms with Crippen LogP contribution >= 0.6 is 11.8 Å². The van der Waals surface area contributed by atoms with Gasteiger partial charge in [0.05, 0.1) is 22.4 Å². The summed E-state index contributed by atoms with van der Waals surface area (Å²) in [5.41, 5.74) is -0.599. The van der Waals surface area contributed by atoms with Crippen molar-refractivity contribution < 1.29 is 18.0 Å². The minimum Gasteiger partial charge on any atom is -0.321 e. The zero-order valence-corrected chi connectivity index (χ0v) is 19.1. The molecular weight excluding hydrogens is 457 g/mol. The van der Waals surface area contributed by atoms with E-state index in [1.165, 1.54) is 22.8 Å². The lowest BCUT2D eigenvalue weighted by molar-refractivity contribution is -0.105. The van der Waals surface area contributed by atoms with Gasteiger partial charge in [0.1, 0.15) is 0 Å². The summed E-state index contributed by atoms with van der Waals surface area (Å²) < 4.78 is 39.4. The Morgan fingerprint density at radius 2 is 1.94 bits per heavy atom. The highest BCUT2D eigenvalue weighted by Gasteiger charge is 2.28. The van der Waals surface area contributed by atoms with Gasteiger partial charge in [0.2, 0.25) is 0 Å². The molecule has 7 nitrogen and oxygen atoms in total. The molecule has 0 unspecified atom stereocenters. The molecule has 0 radical (unpaired) electrons. The summed E-state index contributed by atoms with van der Waals surface area (Å²) in [4.78, 5) is 45.2. The van der Waals surface area contributed by atoms with E-state index in [0.29, 0.717) is 30.4 Å². The first-order valence-corrected chi connectivity index (χ1v) is 11.3. The molecule has 0 spiro atoms. The van der Waals surface area contributed by atoms with Gasteiger partial charge in [0, 0.05) is 17.1 Å². The minimum absolute atomic E-state index is 0.00886. The number of nitrogens with zero attached hydrogens (tertiary/aromatic N) is 2. The molecule has 2 N–H and O–H groups in total. The van der Waals surface area contributed by atoms with Crippen molar-refractivity contribution in [3.05, 3.63) is 62.4 Å². The number of halogens is 3. The summed E-state index contributed by atoms with van der Waals surface area (Å²) in [7, 11) is 0. The van der Waals surface area contributed by atoms with Crippen molar-refractivity contribution >= 4 is 34.4 Å². The van der Waals surface area contributed by atoms with Gasteiger partial charge in [-0.3, -0.25) is 19.1 Å². The number of para-hydroxylation sites is 1. The number of aromatic amines is 1. The van der Waals surface area contributed by atoms with Gasteiger partial charge in [-0.2, -0.15) is 13.2 Å². The average Bonchev–Trinajstić information content (AvgIpc) is 2.74. The van der Waals surface area contributed by atoms with Gasteiger partial charge < -0.3 is 5.32 Å². The van der Waals surface area contributed by atoms with Gasteiger partial charge in [-0.15, -0.1) is 11.8 Å². The number of aromatic nitrogens is 3. The van der Waals surface area contributed by atoms with Crippen molar-refractivity contribution in [1.82, 2.24) is 14.5 Å². The molecular formula is C22H23F3N4O3S. The average molecular weight is 481 g/mol. The Morgan fingerprint density at radius 1 is 1.24 bits per heavy atom. The number of hydrogen-bond acceptors (Lipinski definition) is 5. The van der Waals surface area contributed by atoms with Crippen LogP contribution in [0.25, 0.3) is 11.0 Å². The van der Waals surface area contributed by atoms with Crippen LogP contribution in [0.15, 0.2) is 44.8 Å². The Hall–Kier alpha value is -3.08. The molecule has 0 aliphatic heterocycles. The lowest BCUT2D eigenvalue weighted by atomic mass is 10.0. The fraction of sp³-hybridized carbons (Fsp3) is 0.364.